The van der Waals surface area contributed by atoms with Crippen molar-refractivity contribution in [2.75, 3.05) is 6.61 Å². The number of carboxylic acid groups (broad SMARTS) is 1. The van der Waals surface area contributed by atoms with Crippen LogP contribution in [-0.4, -0.2) is 22.7 Å². The van der Waals surface area contributed by atoms with Gasteiger partial charge in [0, 0.05) is 6.20 Å². The first-order valence-corrected chi connectivity index (χ1v) is 4.16. The molecule has 0 radical (unpaired) electrons. The van der Waals surface area contributed by atoms with Crippen molar-refractivity contribution in [3.63, 3.8) is 0 Å². The molecule has 0 saturated heterocycles. The van der Waals surface area contributed by atoms with E-state index in [4.69, 9.17) is 9.84 Å². The molecule has 4 nitrogen and oxygen atoms in total. The highest BCUT2D eigenvalue weighted by Gasteiger charge is 2.10. The van der Waals surface area contributed by atoms with Crippen molar-refractivity contribution in [3.05, 3.63) is 23.6 Å². The van der Waals surface area contributed by atoms with Crippen LogP contribution in [0.1, 0.15) is 23.7 Å². The fourth-order valence-electron chi connectivity index (χ4n) is 0.847. The highest BCUT2D eigenvalue weighted by Crippen LogP contribution is 2.14. The van der Waals surface area contributed by atoms with Crippen LogP contribution in [0.2, 0.25) is 0 Å². The van der Waals surface area contributed by atoms with Gasteiger partial charge in [-0.05, 0) is 12.5 Å². The molecule has 0 amide bonds. The number of aromatic nitrogens is 1. The summed E-state index contributed by atoms with van der Waals surface area (Å²) in [5.41, 5.74) is -0.189. The molecule has 0 spiro atoms. The number of hydrogen-bond acceptors (Lipinski definition) is 3. The minimum absolute atomic E-state index is 0.156. The number of hydrogen-bond donors (Lipinski definition) is 1. The first-order valence-electron chi connectivity index (χ1n) is 4.16. The van der Waals surface area contributed by atoms with Crippen LogP contribution in [0, 0.1) is 5.82 Å². The van der Waals surface area contributed by atoms with E-state index in [1.54, 1.807) is 0 Å². The summed E-state index contributed by atoms with van der Waals surface area (Å²) in [6.07, 6.45) is 1.80. The number of ether oxygens (including phenoxy) is 1. The predicted molar refractivity (Wildman–Crippen MR) is 46.9 cm³/mol. The fraction of sp³-hybridized carbons (Fsp3) is 0.333. The summed E-state index contributed by atoms with van der Waals surface area (Å²) in [5.74, 6) is -2.12. The summed E-state index contributed by atoms with van der Waals surface area (Å²) in [6.45, 7) is 2.24. The maximum atomic E-state index is 13.1. The van der Waals surface area contributed by atoms with Gasteiger partial charge in [-0.1, -0.05) is 6.92 Å². The van der Waals surface area contributed by atoms with Gasteiger partial charge in [-0.25, -0.2) is 14.2 Å². The Morgan fingerprint density at radius 1 is 1.71 bits per heavy atom. The Morgan fingerprint density at radius 3 is 2.93 bits per heavy atom. The smallest absolute Gasteiger partial charge is 0.337 e. The first kappa shape index (κ1) is 10.4. The second-order valence-electron chi connectivity index (χ2n) is 2.66. The van der Waals surface area contributed by atoms with Crippen molar-refractivity contribution in [2.45, 2.75) is 13.3 Å². The first-order chi connectivity index (χ1) is 6.65. The summed E-state index contributed by atoms with van der Waals surface area (Å²) < 4.78 is 18.0. The monoisotopic (exact) mass is 199 g/mol. The molecule has 0 aliphatic carbocycles. The van der Waals surface area contributed by atoms with Crippen LogP contribution in [0.15, 0.2) is 12.3 Å². The molecule has 5 heteroatoms. The zero-order valence-electron chi connectivity index (χ0n) is 7.66. The topological polar surface area (TPSA) is 59.4 Å². The van der Waals surface area contributed by atoms with Gasteiger partial charge >= 0.3 is 5.97 Å². The molecule has 0 aliphatic heterocycles. The van der Waals surface area contributed by atoms with Crippen molar-refractivity contribution in [1.82, 2.24) is 4.98 Å². The number of aromatic carboxylic acids is 1. The number of pyridine rings is 1. The minimum Gasteiger partial charge on any atom is -0.478 e. The average Bonchev–Trinajstić information content (AvgIpc) is 2.15. The summed E-state index contributed by atoms with van der Waals surface area (Å²) in [5, 5.41) is 8.53. The second kappa shape index (κ2) is 4.55. The van der Waals surface area contributed by atoms with Crippen molar-refractivity contribution < 1.29 is 19.0 Å². The van der Waals surface area contributed by atoms with Crippen molar-refractivity contribution in [3.8, 4) is 5.88 Å². The molecule has 0 bridgehead atoms. The lowest BCUT2D eigenvalue weighted by atomic mass is 10.3. The molecule has 1 aromatic rings. The van der Waals surface area contributed by atoms with Gasteiger partial charge in [0.05, 0.1) is 12.2 Å². The van der Waals surface area contributed by atoms with E-state index in [1.165, 1.54) is 0 Å². The molecule has 0 aliphatic rings. The van der Waals surface area contributed by atoms with Gasteiger partial charge in [0.15, 0.2) is 5.82 Å². The summed E-state index contributed by atoms with van der Waals surface area (Å²) in [6, 6.07) is 0.889. The second-order valence-corrected chi connectivity index (χ2v) is 2.66. The quantitative estimate of drug-likeness (QED) is 0.801. The largest absolute Gasteiger partial charge is 0.478 e. The molecule has 76 valence electrons. The van der Waals surface area contributed by atoms with E-state index in [-0.39, 0.29) is 11.4 Å². The molecule has 0 atom stereocenters. The number of carboxylic acids is 1. The number of carbonyl (C=O) groups is 1. The molecule has 0 saturated carbocycles. The molecule has 1 aromatic heterocycles. The highest BCUT2D eigenvalue weighted by molar-refractivity contribution is 5.87. The Morgan fingerprint density at radius 2 is 2.43 bits per heavy atom. The number of nitrogens with zero attached hydrogens (tertiary/aromatic N) is 1. The van der Waals surface area contributed by atoms with E-state index in [9.17, 15) is 9.18 Å². The predicted octanol–water partition coefficient (Wildman–Crippen LogP) is 1.71. The Kier molecular flexibility index (Phi) is 3.39. The van der Waals surface area contributed by atoms with Gasteiger partial charge in [0.2, 0.25) is 5.88 Å². The van der Waals surface area contributed by atoms with Crippen LogP contribution < -0.4 is 4.74 Å². The molecule has 1 N–H and O–H groups in total. The summed E-state index contributed by atoms with van der Waals surface area (Å²) in [7, 11) is 0. The average molecular weight is 199 g/mol. The summed E-state index contributed by atoms with van der Waals surface area (Å²) in [4.78, 5) is 14.0. The van der Waals surface area contributed by atoms with Crippen LogP contribution in [-0.2, 0) is 0 Å². The lowest BCUT2D eigenvalue weighted by Crippen LogP contribution is -2.03. The van der Waals surface area contributed by atoms with E-state index >= 15 is 0 Å². The normalized spacial score (nSPS) is 9.86. The Labute approximate surface area is 80.3 Å². The SMILES string of the molecule is CCCOc1ncc(C(=O)O)cc1F. The molecule has 14 heavy (non-hydrogen) atoms. The third-order valence-electron chi connectivity index (χ3n) is 1.50. The molecular formula is C9H10FNO3. The highest BCUT2D eigenvalue weighted by atomic mass is 19.1. The third-order valence-corrected chi connectivity index (χ3v) is 1.50. The minimum atomic E-state index is -1.21. The molecule has 1 heterocycles. The standard InChI is InChI=1S/C9H10FNO3/c1-2-3-14-8-7(10)4-6(5-11-8)9(12)13/h4-5H,2-3H2,1H3,(H,12,13). The molecule has 0 unspecified atom stereocenters. The van der Waals surface area contributed by atoms with E-state index in [0.717, 1.165) is 18.7 Å². The zero-order chi connectivity index (χ0) is 10.6. The van der Waals surface area contributed by atoms with Crippen LogP contribution in [0.3, 0.4) is 0 Å². The number of halogens is 1. The summed E-state index contributed by atoms with van der Waals surface area (Å²) >= 11 is 0. The fourth-order valence-corrected chi connectivity index (χ4v) is 0.847. The lowest BCUT2D eigenvalue weighted by Gasteiger charge is -2.04. The maximum absolute atomic E-state index is 13.1. The van der Waals surface area contributed by atoms with Gasteiger partial charge in [-0.3, -0.25) is 0 Å². The molecule has 0 aromatic carbocycles. The van der Waals surface area contributed by atoms with Gasteiger partial charge in [0.1, 0.15) is 0 Å². The van der Waals surface area contributed by atoms with E-state index in [0.29, 0.717) is 6.61 Å². The van der Waals surface area contributed by atoms with Crippen molar-refractivity contribution in [2.24, 2.45) is 0 Å². The van der Waals surface area contributed by atoms with E-state index < -0.39 is 11.8 Å². The van der Waals surface area contributed by atoms with Crippen molar-refractivity contribution >= 4 is 5.97 Å². The Bertz CT molecular complexity index is 341. The molecular weight excluding hydrogens is 189 g/mol. The third kappa shape index (κ3) is 2.42. The maximum Gasteiger partial charge on any atom is 0.337 e. The van der Waals surface area contributed by atoms with E-state index in [1.807, 2.05) is 6.92 Å². The van der Waals surface area contributed by atoms with Crippen molar-refractivity contribution in [1.29, 1.82) is 0 Å². The Hall–Kier alpha value is -1.65. The molecule has 0 fully saturated rings. The van der Waals surface area contributed by atoms with Crippen LogP contribution in [0.5, 0.6) is 5.88 Å². The Balaban J connectivity index is 2.84. The van der Waals surface area contributed by atoms with Gasteiger partial charge < -0.3 is 9.84 Å². The lowest BCUT2D eigenvalue weighted by molar-refractivity contribution is 0.0695. The molecule has 1 rings (SSSR count). The van der Waals surface area contributed by atoms with Gasteiger partial charge in [-0.2, -0.15) is 0 Å². The zero-order valence-corrected chi connectivity index (χ0v) is 7.66. The van der Waals surface area contributed by atoms with Crippen LogP contribution in [0.4, 0.5) is 4.39 Å². The van der Waals surface area contributed by atoms with Gasteiger partial charge in [-0.15, -0.1) is 0 Å². The van der Waals surface area contributed by atoms with Gasteiger partial charge in [0.25, 0.3) is 0 Å². The van der Waals surface area contributed by atoms with E-state index in [2.05, 4.69) is 4.98 Å². The van der Waals surface area contributed by atoms with Crippen LogP contribution in [0.25, 0.3) is 0 Å². The number of rotatable bonds is 4. The van der Waals surface area contributed by atoms with Crippen LogP contribution >= 0.6 is 0 Å².